The van der Waals surface area contributed by atoms with Gasteiger partial charge in [-0.1, -0.05) is 23.7 Å². The predicted octanol–water partition coefficient (Wildman–Crippen LogP) is 2.58. The first kappa shape index (κ1) is 16.8. The molecule has 128 valence electrons. The Balaban J connectivity index is 1.69. The van der Waals surface area contributed by atoms with Crippen LogP contribution in [-0.4, -0.2) is 29.0 Å². The van der Waals surface area contributed by atoms with Crippen LogP contribution >= 0.6 is 11.6 Å². The maximum atomic E-state index is 12.4. The van der Waals surface area contributed by atoms with Crippen LogP contribution in [0.3, 0.4) is 0 Å². The molecule has 24 heavy (non-hydrogen) atoms. The van der Waals surface area contributed by atoms with Crippen molar-refractivity contribution in [2.24, 2.45) is 7.05 Å². The minimum absolute atomic E-state index is 0.198. The second-order valence-electron chi connectivity index (χ2n) is 6.03. The van der Waals surface area contributed by atoms with Gasteiger partial charge < -0.3 is 15.4 Å². The van der Waals surface area contributed by atoms with Gasteiger partial charge >= 0.3 is 6.03 Å². The highest BCUT2D eigenvalue weighted by molar-refractivity contribution is 6.30. The van der Waals surface area contributed by atoms with Crippen molar-refractivity contribution >= 4 is 17.6 Å². The summed E-state index contributed by atoms with van der Waals surface area (Å²) >= 11 is 5.99. The van der Waals surface area contributed by atoms with Crippen LogP contribution in [-0.2, 0) is 23.9 Å². The molecule has 0 saturated carbocycles. The lowest BCUT2D eigenvalue weighted by Gasteiger charge is -2.38. The van der Waals surface area contributed by atoms with E-state index >= 15 is 0 Å². The highest BCUT2D eigenvalue weighted by Crippen LogP contribution is 2.32. The van der Waals surface area contributed by atoms with E-state index in [2.05, 4.69) is 15.7 Å². The topological polar surface area (TPSA) is 68.2 Å². The number of carbonyl (C=O) groups is 1. The lowest BCUT2D eigenvalue weighted by molar-refractivity contribution is 0.0409. The third-order valence-electron chi connectivity index (χ3n) is 4.31. The van der Waals surface area contributed by atoms with Gasteiger partial charge in [-0.25, -0.2) is 4.79 Å². The average Bonchev–Trinajstić information content (AvgIpc) is 3.00. The lowest BCUT2D eigenvalue weighted by Crippen LogP contribution is -2.52. The fourth-order valence-corrected chi connectivity index (χ4v) is 3.11. The number of nitrogens with zero attached hydrogens (tertiary/aromatic N) is 2. The Hall–Kier alpha value is -2.05. The molecule has 2 heterocycles. The number of carbonyl (C=O) groups excluding carboxylic acids is 1. The molecule has 2 N–H and O–H groups in total. The highest BCUT2D eigenvalue weighted by Gasteiger charge is 2.35. The molecule has 1 aromatic heterocycles. The molecule has 0 spiro atoms. The molecule has 0 aliphatic carbocycles. The molecule has 0 unspecified atom stereocenters. The van der Waals surface area contributed by atoms with E-state index in [1.807, 2.05) is 37.5 Å². The number of nitrogens with one attached hydrogen (secondary N) is 2. The second-order valence-corrected chi connectivity index (χ2v) is 6.47. The Bertz CT molecular complexity index is 693. The van der Waals surface area contributed by atoms with E-state index < -0.39 is 5.54 Å². The van der Waals surface area contributed by atoms with E-state index in [0.717, 1.165) is 24.0 Å². The third-order valence-corrected chi connectivity index (χ3v) is 4.56. The fraction of sp³-hybridized carbons (Fsp3) is 0.412. The summed E-state index contributed by atoms with van der Waals surface area (Å²) in [6, 6.07) is 7.44. The van der Waals surface area contributed by atoms with Crippen LogP contribution in [0, 0.1) is 0 Å². The Morgan fingerprint density at radius 2 is 2.04 bits per heavy atom. The SMILES string of the molecule is Cn1cc(CNC(=O)NC2(c3ccc(Cl)cc3)CCOCC2)cn1. The lowest BCUT2D eigenvalue weighted by atomic mass is 9.83. The van der Waals surface area contributed by atoms with Crippen LogP contribution in [0.1, 0.15) is 24.0 Å². The number of aryl methyl sites for hydroxylation is 1. The normalized spacial score (nSPS) is 16.6. The first-order valence-electron chi connectivity index (χ1n) is 7.95. The predicted molar refractivity (Wildman–Crippen MR) is 91.8 cm³/mol. The van der Waals surface area contributed by atoms with Crippen LogP contribution in [0.2, 0.25) is 5.02 Å². The molecular formula is C17H21ClN4O2. The quantitative estimate of drug-likeness (QED) is 0.892. The Morgan fingerprint density at radius 1 is 1.33 bits per heavy atom. The van der Waals surface area contributed by atoms with E-state index in [9.17, 15) is 4.79 Å². The molecule has 3 rings (SSSR count). The van der Waals surface area contributed by atoms with Gasteiger partial charge in [0, 0.05) is 43.6 Å². The summed E-state index contributed by atoms with van der Waals surface area (Å²) < 4.78 is 7.19. The van der Waals surface area contributed by atoms with Crippen molar-refractivity contribution in [3.8, 4) is 0 Å². The summed E-state index contributed by atoms with van der Waals surface area (Å²) in [6.45, 7) is 1.67. The van der Waals surface area contributed by atoms with Gasteiger partial charge in [-0.05, 0) is 30.5 Å². The molecule has 2 aromatic rings. The standard InChI is InChI=1S/C17H21ClN4O2/c1-22-12-13(11-20-22)10-19-16(23)21-17(6-8-24-9-7-17)14-2-4-15(18)5-3-14/h2-5,11-12H,6-10H2,1H3,(H2,19,21,23). The van der Waals surface area contributed by atoms with E-state index in [1.165, 1.54) is 0 Å². The Labute approximate surface area is 146 Å². The maximum Gasteiger partial charge on any atom is 0.315 e. The van der Waals surface area contributed by atoms with Crippen molar-refractivity contribution in [2.45, 2.75) is 24.9 Å². The van der Waals surface area contributed by atoms with Gasteiger partial charge in [0.25, 0.3) is 0 Å². The van der Waals surface area contributed by atoms with Gasteiger partial charge in [-0.15, -0.1) is 0 Å². The highest BCUT2D eigenvalue weighted by atomic mass is 35.5. The van der Waals surface area contributed by atoms with Crippen molar-refractivity contribution in [1.29, 1.82) is 0 Å². The molecule has 1 saturated heterocycles. The number of amides is 2. The van der Waals surface area contributed by atoms with E-state index in [4.69, 9.17) is 16.3 Å². The molecule has 1 fully saturated rings. The first-order chi connectivity index (χ1) is 11.6. The number of hydrogen-bond acceptors (Lipinski definition) is 3. The molecule has 1 aliphatic heterocycles. The van der Waals surface area contributed by atoms with Gasteiger partial charge in [0.05, 0.1) is 11.7 Å². The maximum absolute atomic E-state index is 12.4. The number of urea groups is 1. The smallest absolute Gasteiger partial charge is 0.315 e. The molecule has 1 aromatic carbocycles. The number of benzene rings is 1. The van der Waals surface area contributed by atoms with Crippen LogP contribution in [0.15, 0.2) is 36.7 Å². The van der Waals surface area contributed by atoms with Crippen molar-refractivity contribution < 1.29 is 9.53 Å². The van der Waals surface area contributed by atoms with Crippen molar-refractivity contribution in [1.82, 2.24) is 20.4 Å². The molecule has 0 atom stereocenters. The van der Waals surface area contributed by atoms with Crippen molar-refractivity contribution in [2.75, 3.05) is 13.2 Å². The summed E-state index contributed by atoms with van der Waals surface area (Å²) in [6.07, 6.45) is 5.08. The molecule has 6 nitrogen and oxygen atoms in total. The minimum atomic E-state index is -0.429. The molecule has 2 amide bonds. The summed E-state index contributed by atoms with van der Waals surface area (Å²) in [4.78, 5) is 12.4. The average molecular weight is 349 g/mol. The zero-order valence-electron chi connectivity index (χ0n) is 13.6. The monoisotopic (exact) mass is 348 g/mol. The number of ether oxygens (including phenoxy) is 1. The fourth-order valence-electron chi connectivity index (χ4n) is 2.98. The van der Waals surface area contributed by atoms with Crippen LogP contribution < -0.4 is 10.6 Å². The first-order valence-corrected chi connectivity index (χ1v) is 8.32. The minimum Gasteiger partial charge on any atom is -0.381 e. The van der Waals surface area contributed by atoms with Gasteiger partial charge in [0.2, 0.25) is 0 Å². The summed E-state index contributed by atoms with van der Waals surface area (Å²) in [5.41, 5.74) is 1.58. The van der Waals surface area contributed by atoms with Gasteiger partial charge in [0.1, 0.15) is 0 Å². The van der Waals surface area contributed by atoms with E-state index in [0.29, 0.717) is 24.8 Å². The Kier molecular flexibility index (Phi) is 5.06. The molecule has 1 aliphatic rings. The van der Waals surface area contributed by atoms with Crippen molar-refractivity contribution in [3.63, 3.8) is 0 Å². The van der Waals surface area contributed by atoms with Gasteiger partial charge in [-0.2, -0.15) is 5.10 Å². The van der Waals surface area contributed by atoms with Crippen molar-refractivity contribution in [3.05, 3.63) is 52.8 Å². The molecular weight excluding hydrogens is 328 g/mol. The van der Waals surface area contributed by atoms with Gasteiger partial charge in [0.15, 0.2) is 0 Å². The zero-order valence-corrected chi connectivity index (χ0v) is 14.3. The second kappa shape index (κ2) is 7.23. The summed E-state index contributed by atoms with van der Waals surface area (Å²) in [7, 11) is 1.85. The van der Waals surface area contributed by atoms with Crippen LogP contribution in [0.5, 0.6) is 0 Å². The Morgan fingerprint density at radius 3 is 2.67 bits per heavy atom. The summed E-state index contributed by atoms with van der Waals surface area (Å²) in [5.74, 6) is 0. The number of aromatic nitrogens is 2. The van der Waals surface area contributed by atoms with Gasteiger partial charge in [-0.3, -0.25) is 4.68 Å². The zero-order chi connectivity index (χ0) is 17.0. The third kappa shape index (κ3) is 3.88. The van der Waals surface area contributed by atoms with E-state index in [-0.39, 0.29) is 6.03 Å². The number of hydrogen-bond donors (Lipinski definition) is 2. The molecule has 0 bridgehead atoms. The summed E-state index contributed by atoms with van der Waals surface area (Å²) in [5, 5.41) is 10.8. The number of rotatable bonds is 4. The largest absolute Gasteiger partial charge is 0.381 e. The molecule has 7 heteroatoms. The van der Waals surface area contributed by atoms with E-state index in [1.54, 1.807) is 10.9 Å². The molecule has 0 radical (unpaired) electrons. The van der Waals surface area contributed by atoms with Crippen LogP contribution in [0.4, 0.5) is 4.79 Å². The van der Waals surface area contributed by atoms with Crippen LogP contribution in [0.25, 0.3) is 0 Å². The number of halogens is 1.